The van der Waals surface area contributed by atoms with Crippen molar-refractivity contribution in [1.82, 2.24) is 10.2 Å². The van der Waals surface area contributed by atoms with E-state index < -0.39 is 6.04 Å². The minimum atomic E-state index is -0.585. The van der Waals surface area contributed by atoms with Crippen LogP contribution >= 0.6 is 0 Å². The van der Waals surface area contributed by atoms with Crippen molar-refractivity contribution in [3.63, 3.8) is 0 Å². The molecule has 0 radical (unpaired) electrons. The lowest BCUT2D eigenvalue weighted by Gasteiger charge is -2.29. The summed E-state index contributed by atoms with van der Waals surface area (Å²) < 4.78 is 5.80. The molecule has 0 fully saturated rings. The third-order valence-electron chi connectivity index (χ3n) is 5.15. The van der Waals surface area contributed by atoms with Gasteiger partial charge in [0.1, 0.15) is 11.8 Å². The number of nitrogens with one attached hydrogen (secondary N) is 1. The fraction of sp³-hybridized carbons (Fsp3) is 0.440. The molecule has 1 atom stereocenters. The number of unbranched alkanes of at least 4 members (excludes halogenated alkanes) is 1. The van der Waals surface area contributed by atoms with Gasteiger partial charge in [-0.2, -0.15) is 0 Å². The van der Waals surface area contributed by atoms with E-state index in [1.54, 1.807) is 11.8 Å². The Hall–Kier alpha value is -2.82. The molecule has 30 heavy (non-hydrogen) atoms. The Kier molecular flexibility index (Phi) is 8.90. The van der Waals surface area contributed by atoms with Gasteiger partial charge >= 0.3 is 0 Å². The smallest absolute Gasteiger partial charge is 0.261 e. The predicted octanol–water partition coefficient (Wildman–Crippen LogP) is 4.32. The zero-order valence-electron chi connectivity index (χ0n) is 18.8. The monoisotopic (exact) mass is 410 g/mol. The molecule has 0 saturated carbocycles. The summed E-state index contributed by atoms with van der Waals surface area (Å²) in [6.45, 7) is 10.7. The predicted molar refractivity (Wildman–Crippen MR) is 121 cm³/mol. The third-order valence-corrected chi connectivity index (χ3v) is 5.15. The topological polar surface area (TPSA) is 58.6 Å². The van der Waals surface area contributed by atoms with Crippen molar-refractivity contribution in [2.45, 2.75) is 60.0 Å². The molecular weight excluding hydrogens is 376 g/mol. The first-order chi connectivity index (χ1) is 14.3. The highest BCUT2D eigenvalue weighted by atomic mass is 16.5. The van der Waals surface area contributed by atoms with Gasteiger partial charge in [-0.05, 0) is 51.3 Å². The van der Waals surface area contributed by atoms with Crippen LogP contribution in [0.2, 0.25) is 0 Å². The second-order valence-corrected chi connectivity index (χ2v) is 7.89. The van der Waals surface area contributed by atoms with E-state index in [4.69, 9.17) is 4.74 Å². The summed E-state index contributed by atoms with van der Waals surface area (Å²) in [5, 5.41) is 2.93. The molecule has 0 aromatic heterocycles. The van der Waals surface area contributed by atoms with Gasteiger partial charge in [-0.1, -0.05) is 60.9 Å². The van der Waals surface area contributed by atoms with Gasteiger partial charge < -0.3 is 15.0 Å². The SMILES string of the molecule is CCCCNC(=O)C(C)N(Cc1ccc(C)cc1)C(=O)COc1ccc(C)cc1C. The van der Waals surface area contributed by atoms with Crippen molar-refractivity contribution in [2.75, 3.05) is 13.2 Å². The number of benzene rings is 2. The van der Waals surface area contributed by atoms with Crippen molar-refractivity contribution < 1.29 is 14.3 Å². The van der Waals surface area contributed by atoms with Crippen LogP contribution in [-0.2, 0) is 16.1 Å². The first-order valence-corrected chi connectivity index (χ1v) is 10.6. The van der Waals surface area contributed by atoms with Crippen LogP contribution in [0, 0.1) is 20.8 Å². The van der Waals surface area contributed by atoms with E-state index in [0.29, 0.717) is 18.8 Å². The van der Waals surface area contributed by atoms with Gasteiger partial charge in [-0.15, -0.1) is 0 Å². The Balaban J connectivity index is 2.12. The van der Waals surface area contributed by atoms with E-state index in [0.717, 1.165) is 35.1 Å². The second kappa shape index (κ2) is 11.4. The number of carbonyl (C=O) groups is 2. The van der Waals surface area contributed by atoms with E-state index in [-0.39, 0.29) is 18.4 Å². The number of rotatable bonds is 10. The van der Waals surface area contributed by atoms with Crippen LogP contribution in [0.1, 0.15) is 48.9 Å². The zero-order valence-corrected chi connectivity index (χ0v) is 18.8. The first-order valence-electron chi connectivity index (χ1n) is 10.6. The molecule has 2 aromatic carbocycles. The Morgan fingerprint density at radius 3 is 2.33 bits per heavy atom. The fourth-order valence-electron chi connectivity index (χ4n) is 3.19. The van der Waals surface area contributed by atoms with Gasteiger partial charge in [-0.3, -0.25) is 9.59 Å². The Morgan fingerprint density at radius 1 is 1.03 bits per heavy atom. The van der Waals surface area contributed by atoms with Crippen molar-refractivity contribution in [3.8, 4) is 5.75 Å². The highest BCUT2D eigenvalue weighted by molar-refractivity contribution is 5.87. The molecule has 0 aliphatic heterocycles. The number of ether oxygens (including phenoxy) is 1. The largest absolute Gasteiger partial charge is 0.483 e. The maximum absolute atomic E-state index is 13.1. The van der Waals surface area contributed by atoms with Gasteiger partial charge in [0, 0.05) is 13.1 Å². The molecule has 0 heterocycles. The van der Waals surface area contributed by atoms with E-state index in [2.05, 4.69) is 12.2 Å². The molecule has 2 aromatic rings. The van der Waals surface area contributed by atoms with Crippen LogP contribution in [0.4, 0.5) is 0 Å². The lowest BCUT2D eigenvalue weighted by molar-refractivity contribution is -0.142. The Labute approximate surface area is 180 Å². The molecule has 1 unspecified atom stereocenters. The summed E-state index contributed by atoms with van der Waals surface area (Å²) in [6, 6.07) is 13.3. The first kappa shape index (κ1) is 23.5. The zero-order chi connectivity index (χ0) is 22.1. The van der Waals surface area contributed by atoms with E-state index in [9.17, 15) is 9.59 Å². The van der Waals surface area contributed by atoms with Crippen LogP contribution in [0.3, 0.4) is 0 Å². The molecule has 0 spiro atoms. The van der Waals surface area contributed by atoms with Crippen LogP contribution < -0.4 is 10.1 Å². The molecular formula is C25H34N2O3. The van der Waals surface area contributed by atoms with Gasteiger partial charge in [0.25, 0.3) is 5.91 Å². The maximum atomic E-state index is 13.1. The lowest BCUT2D eigenvalue weighted by Crippen LogP contribution is -2.49. The number of aryl methyl sites for hydroxylation is 3. The number of hydrogen-bond donors (Lipinski definition) is 1. The number of carbonyl (C=O) groups excluding carboxylic acids is 2. The fourth-order valence-corrected chi connectivity index (χ4v) is 3.19. The molecule has 0 bridgehead atoms. The Bertz CT molecular complexity index is 846. The van der Waals surface area contributed by atoms with Crippen LogP contribution in [0.25, 0.3) is 0 Å². The van der Waals surface area contributed by atoms with Crippen molar-refractivity contribution in [1.29, 1.82) is 0 Å². The summed E-state index contributed by atoms with van der Waals surface area (Å²) >= 11 is 0. The van der Waals surface area contributed by atoms with Gasteiger partial charge in [-0.25, -0.2) is 0 Å². The average Bonchev–Trinajstić information content (AvgIpc) is 2.72. The van der Waals surface area contributed by atoms with Crippen molar-refractivity contribution in [3.05, 3.63) is 64.7 Å². The van der Waals surface area contributed by atoms with E-state index >= 15 is 0 Å². The van der Waals surface area contributed by atoms with Crippen LogP contribution in [0.5, 0.6) is 5.75 Å². The molecule has 2 amide bonds. The van der Waals surface area contributed by atoms with Gasteiger partial charge in [0.15, 0.2) is 6.61 Å². The third kappa shape index (κ3) is 6.90. The number of nitrogens with zero attached hydrogens (tertiary/aromatic N) is 1. The van der Waals surface area contributed by atoms with E-state index in [1.165, 1.54) is 0 Å². The van der Waals surface area contributed by atoms with Gasteiger partial charge in [0.2, 0.25) is 5.91 Å². The van der Waals surface area contributed by atoms with Crippen LogP contribution in [0.15, 0.2) is 42.5 Å². The maximum Gasteiger partial charge on any atom is 0.261 e. The summed E-state index contributed by atoms with van der Waals surface area (Å²) in [6.07, 6.45) is 1.92. The summed E-state index contributed by atoms with van der Waals surface area (Å²) in [5.74, 6) is 0.327. The quantitative estimate of drug-likeness (QED) is 0.593. The lowest BCUT2D eigenvalue weighted by atomic mass is 10.1. The molecule has 0 aliphatic carbocycles. The highest BCUT2D eigenvalue weighted by Crippen LogP contribution is 2.19. The van der Waals surface area contributed by atoms with Crippen molar-refractivity contribution in [2.24, 2.45) is 0 Å². The molecule has 5 nitrogen and oxygen atoms in total. The molecule has 5 heteroatoms. The summed E-state index contributed by atoms with van der Waals surface area (Å²) in [4.78, 5) is 27.3. The highest BCUT2D eigenvalue weighted by Gasteiger charge is 2.26. The molecule has 0 saturated heterocycles. The van der Waals surface area contributed by atoms with Crippen molar-refractivity contribution >= 4 is 11.8 Å². The number of amides is 2. The van der Waals surface area contributed by atoms with E-state index in [1.807, 2.05) is 63.2 Å². The Morgan fingerprint density at radius 2 is 1.70 bits per heavy atom. The molecule has 0 aliphatic rings. The molecule has 1 N–H and O–H groups in total. The van der Waals surface area contributed by atoms with Gasteiger partial charge in [0.05, 0.1) is 0 Å². The standard InChI is InChI=1S/C25H34N2O3/c1-6-7-14-26-25(29)21(5)27(16-22-11-8-18(2)9-12-22)24(28)17-30-23-13-10-19(3)15-20(23)4/h8-13,15,21H,6-7,14,16-17H2,1-5H3,(H,26,29). The minimum Gasteiger partial charge on any atom is -0.483 e. The molecule has 2 rings (SSSR count). The second-order valence-electron chi connectivity index (χ2n) is 7.89. The van der Waals surface area contributed by atoms with Crippen LogP contribution in [-0.4, -0.2) is 35.9 Å². The average molecular weight is 411 g/mol. The number of hydrogen-bond acceptors (Lipinski definition) is 3. The summed E-state index contributed by atoms with van der Waals surface area (Å²) in [7, 11) is 0. The minimum absolute atomic E-state index is 0.109. The summed E-state index contributed by atoms with van der Waals surface area (Å²) in [5.41, 5.74) is 4.26. The normalized spacial score (nSPS) is 11.6. The molecule has 162 valence electrons.